The zero-order chi connectivity index (χ0) is 10.2. The molecule has 0 spiro atoms. The number of carbonyl (C=O) groups is 2. The minimum atomic E-state index is -0.0333. The van der Waals surface area contributed by atoms with Crippen molar-refractivity contribution in [1.82, 2.24) is 5.32 Å². The van der Waals surface area contributed by atoms with Gasteiger partial charge >= 0.3 is 0 Å². The van der Waals surface area contributed by atoms with Crippen LogP contribution in [0.1, 0.15) is 12.8 Å². The van der Waals surface area contributed by atoms with Gasteiger partial charge in [0.2, 0.25) is 11.8 Å². The Morgan fingerprint density at radius 3 is 1.80 bits per heavy atom. The number of carbonyl (C=O) groups excluding carboxylic acids is 2. The fraction of sp³-hybridized carbons (Fsp3) is 0.667. The van der Waals surface area contributed by atoms with Crippen LogP contribution in [0.5, 0.6) is 0 Å². The van der Waals surface area contributed by atoms with E-state index in [1.165, 1.54) is 12.8 Å². The first-order valence-electron chi connectivity index (χ1n) is 5.80. The zero-order valence-corrected chi connectivity index (χ0v) is 8.35. The molecule has 6 unspecified atom stereocenters. The van der Waals surface area contributed by atoms with E-state index in [0.717, 1.165) is 0 Å². The summed E-state index contributed by atoms with van der Waals surface area (Å²) < 4.78 is 0. The fourth-order valence-corrected chi connectivity index (χ4v) is 4.26. The average Bonchev–Trinajstić information content (AvgIpc) is 2.44. The van der Waals surface area contributed by atoms with Gasteiger partial charge in [0, 0.05) is 0 Å². The van der Waals surface area contributed by atoms with Crippen molar-refractivity contribution in [3.63, 3.8) is 0 Å². The van der Waals surface area contributed by atoms with E-state index in [-0.39, 0.29) is 23.7 Å². The van der Waals surface area contributed by atoms with Gasteiger partial charge in [0.05, 0.1) is 11.8 Å². The van der Waals surface area contributed by atoms with Crippen LogP contribution in [0.25, 0.3) is 0 Å². The van der Waals surface area contributed by atoms with Crippen LogP contribution in [0.3, 0.4) is 0 Å². The summed E-state index contributed by atoms with van der Waals surface area (Å²) in [6.45, 7) is 0. The van der Waals surface area contributed by atoms with Gasteiger partial charge in [0.15, 0.2) is 0 Å². The predicted molar refractivity (Wildman–Crippen MR) is 52.5 cm³/mol. The van der Waals surface area contributed by atoms with Crippen molar-refractivity contribution in [3.05, 3.63) is 12.2 Å². The van der Waals surface area contributed by atoms with Gasteiger partial charge in [-0.2, -0.15) is 0 Å². The summed E-state index contributed by atoms with van der Waals surface area (Å²) in [6, 6.07) is 0. The Morgan fingerprint density at radius 2 is 1.40 bits per heavy atom. The molecule has 0 aromatic rings. The van der Waals surface area contributed by atoms with Crippen LogP contribution in [0.15, 0.2) is 12.2 Å². The molecule has 78 valence electrons. The van der Waals surface area contributed by atoms with Crippen LogP contribution in [0, 0.1) is 35.5 Å². The molecule has 1 saturated heterocycles. The van der Waals surface area contributed by atoms with Crippen LogP contribution in [0.2, 0.25) is 0 Å². The van der Waals surface area contributed by atoms with Gasteiger partial charge in [-0.15, -0.1) is 0 Å². The molecule has 4 aliphatic carbocycles. The average molecular weight is 203 g/mol. The predicted octanol–water partition coefficient (Wildman–Crippen LogP) is 0.717. The Labute approximate surface area is 87.9 Å². The fourth-order valence-electron chi connectivity index (χ4n) is 4.26. The van der Waals surface area contributed by atoms with Gasteiger partial charge in [-0.25, -0.2) is 0 Å². The number of nitrogens with one attached hydrogen (secondary N) is 1. The molecule has 2 amide bonds. The van der Waals surface area contributed by atoms with Crippen molar-refractivity contribution < 1.29 is 9.59 Å². The zero-order valence-electron chi connectivity index (χ0n) is 8.35. The molecule has 0 aromatic heterocycles. The molecule has 6 atom stereocenters. The highest BCUT2D eigenvalue weighted by molar-refractivity contribution is 6.06. The first kappa shape index (κ1) is 8.08. The van der Waals surface area contributed by atoms with Crippen molar-refractivity contribution in [2.75, 3.05) is 0 Å². The van der Waals surface area contributed by atoms with Crippen molar-refractivity contribution in [2.45, 2.75) is 12.8 Å². The molecule has 5 rings (SSSR count). The van der Waals surface area contributed by atoms with Crippen LogP contribution in [-0.4, -0.2) is 11.8 Å². The second-order valence-electron chi connectivity index (χ2n) is 5.35. The summed E-state index contributed by atoms with van der Waals surface area (Å²) in [4.78, 5) is 23.4. The van der Waals surface area contributed by atoms with Gasteiger partial charge in [-0.1, -0.05) is 12.2 Å². The summed E-state index contributed by atoms with van der Waals surface area (Å²) >= 11 is 0. The van der Waals surface area contributed by atoms with Crippen LogP contribution >= 0.6 is 0 Å². The standard InChI is InChI=1S/C12H13NO2/c14-11-9-7-3-4-8(6-2-1-5(6)7)10(9)12(15)13-11/h3-10H,1-2H2,(H,13,14,15). The Bertz CT molecular complexity index is 364. The lowest BCUT2D eigenvalue weighted by molar-refractivity contribution is -0.134. The highest BCUT2D eigenvalue weighted by atomic mass is 16.2. The molecular formula is C12H13NO2. The molecule has 2 bridgehead atoms. The number of imide groups is 1. The van der Waals surface area contributed by atoms with Crippen molar-refractivity contribution in [1.29, 1.82) is 0 Å². The first-order chi connectivity index (χ1) is 7.27. The smallest absolute Gasteiger partial charge is 0.231 e. The van der Waals surface area contributed by atoms with E-state index >= 15 is 0 Å². The molecule has 5 aliphatic rings. The van der Waals surface area contributed by atoms with Gasteiger partial charge in [0.1, 0.15) is 0 Å². The second-order valence-corrected chi connectivity index (χ2v) is 5.35. The lowest BCUT2D eigenvalue weighted by atomic mass is 9.47. The molecule has 1 aliphatic heterocycles. The summed E-state index contributed by atoms with van der Waals surface area (Å²) in [7, 11) is 0. The maximum Gasteiger partial charge on any atom is 0.231 e. The van der Waals surface area contributed by atoms with E-state index in [1.807, 2.05) is 0 Å². The second kappa shape index (κ2) is 2.34. The number of hydrogen-bond acceptors (Lipinski definition) is 2. The third-order valence-electron chi connectivity index (χ3n) is 5.00. The van der Waals surface area contributed by atoms with E-state index in [4.69, 9.17) is 0 Å². The molecule has 3 nitrogen and oxygen atoms in total. The minimum Gasteiger partial charge on any atom is -0.296 e. The van der Waals surface area contributed by atoms with E-state index in [9.17, 15) is 9.59 Å². The molecule has 1 heterocycles. The van der Waals surface area contributed by atoms with Crippen LogP contribution < -0.4 is 5.32 Å². The van der Waals surface area contributed by atoms with Crippen molar-refractivity contribution in [3.8, 4) is 0 Å². The number of rotatable bonds is 0. The third kappa shape index (κ3) is 0.757. The molecule has 1 N–H and O–H groups in total. The number of allylic oxidation sites excluding steroid dienone is 2. The SMILES string of the molecule is O=C1NC(=O)C2C3C=CC(C4CCC34)C12. The topological polar surface area (TPSA) is 46.2 Å². The molecule has 15 heavy (non-hydrogen) atoms. The lowest BCUT2D eigenvalue weighted by Crippen LogP contribution is -2.53. The van der Waals surface area contributed by atoms with E-state index in [2.05, 4.69) is 17.5 Å². The lowest BCUT2D eigenvalue weighted by Gasteiger charge is -2.55. The maximum absolute atomic E-state index is 11.7. The first-order valence-corrected chi connectivity index (χ1v) is 5.80. The molecule has 0 radical (unpaired) electrons. The van der Waals surface area contributed by atoms with Gasteiger partial charge < -0.3 is 0 Å². The Morgan fingerprint density at radius 1 is 0.933 bits per heavy atom. The Kier molecular flexibility index (Phi) is 1.26. The van der Waals surface area contributed by atoms with E-state index < -0.39 is 0 Å². The molecule has 0 aromatic carbocycles. The summed E-state index contributed by atoms with van der Waals surface area (Å²) in [5, 5.41) is 2.51. The molecule has 2 saturated carbocycles. The Hall–Kier alpha value is -1.12. The highest BCUT2D eigenvalue weighted by Gasteiger charge is 2.61. The van der Waals surface area contributed by atoms with Gasteiger partial charge in [-0.3, -0.25) is 14.9 Å². The monoisotopic (exact) mass is 203 g/mol. The Balaban J connectivity index is 1.84. The number of hydrogen-bond donors (Lipinski definition) is 1. The quantitative estimate of drug-likeness (QED) is 0.465. The van der Waals surface area contributed by atoms with Gasteiger partial charge in [0.25, 0.3) is 0 Å². The largest absolute Gasteiger partial charge is 0.296 e. The third-order valence-corrected chi connectivity index (χ3v) is 5.00. The van der Waals surface area contributed by atoms with Gasteiger partial charge in [-0.05, 0) is 36.5 Å². The normalized spacial score (nSPS) is 54.7. The molecule has 3 heteroatoms. The van der Waals surface area contributed by atoms with Crippen molar-refractivity contribution in [2.24, 2.45) is 35.5 Å². The summed E-state index contributed by atoms with van der Waals surface area (Å²) in [6.07, 6.45) is 6.90. The van der Waals surface area contributed by atoms with Crippen LogP contribution in [-0.2, 0) is 9.59 Å². The molecule has 3 fully saturated rings. The van der Waals surface area contributed by atoms with E-state index in [1.54, 1.807) is 0 Å². The maximum atomic E-state index is 11.7. The highest BCUT2D eigenvalue weighted by Crippen LogP contribution is 2.60. The van der Waals surface area contributed by atoms with Crippen LogP contribution in [0.4, 0.5) is 0 Å². The van der Waals surface area contributed by atoms with E-state index in [0.29, 0.717) is 23.7 Å². The summed E-state index contributed by atoms with van der Waals surface area (Å²) in [5.41, 5.74) is 0. The number of amides is 2. The minimum absolute atomic E-state index is 0.0188. The summed E-state index contributed by atoms with van der Waals surface area (Å²) in [5.74, 6) is 1.98. The molecular weight excluding hydrogens is 190 g/mol. The van der Waals surface area contributed by atoms with Crippen molar-refractivity contribution >= 4 is 11.8 Å².